The molecule has 0 saturated carbocycles. The molecule has 0 spiro atoms. The molecule has 134 valence electrons. The van der Waals surface area contributed by atoms with Crippen LogP contribution in [0.25, 0.3) is 0 Å². The number of sulfonamides is 1. The Balaban J connectivity index is 2.41. The van der Waals surface area contributed by atoms with Gasteiger partial charge in [0.15, 0.2) is 0 Å². The van der Waals surface area contributed by atoms with Gasteiger partial charge in [0, 0.05) is 6.04 Å². The minimum atomic E-state index is -3.84. The molecule has 1 amide bonds. The summed E-state index contributed by atoms with van der Waals surface area (Å²) in [4.78, 5) is 12.5. The second-order valence-electron chi connectivity index (χ2n) is 6.04. The van der Waals surface area contributed by atoms with Crippen LogP contribution in [0.3, 0.4) is 0 Å². The van der Waals surface area contributed by atoms with E-state index in [9.17, 15) is 13.2 Å². The molecule has 0 unspecified atom stereocenters. The van der Waals surface area contributed by atoms with E-state index in [1.54, 1.807) is 36.4 Å². The van der Waals surface area contributed by atoms with Crippen LogP contribution in [-0.2, 0) is 14.8 Å². The molecule has 0 aliphatic carbocycles. The number of carbonyl (C=O) groups excluding carboxylic acids is 1. The van der Waals surface area contributed by atoms with Gasteiger partial charge in [-0.2, -0.15) is 0 Å². The van der Waals surface area contributed by atoms with Crippen LogP contribution in [0.5, 0.6) is 0 Å². The number of carbonyl (C=O) groups is 1. The molecule has 2 aromatic carbocycles. The molecule has 0 heterocycles. The van der Waals surface area contributed by atoms with Gasteiger partial charge in [0.2, 0.25) is 5.91 Å². The molecule has 25 heavy (non-hydrogen) atoms. The SMILES string of the molecule is CC[C@@H](C)NC(=O)CN(c1cccc(C)c1)S(=O)(=O)c1ccccc1. The summed E-state index contributed by atoms with van der Waals surface area (Å²) in [6.45, 7) is 5.48. The Morgan fingerprint density at radius 3 is 2.40 bits per heavy atom. The molecule has 2 aromatic rings. The molecule has 5 nitrogen and oxygen atoms in total. The van der Waals surface area contributed by atoms with Crippen LogP contribution < -0.4 is 9.62 Å². The van der Waals surface area contributed by atoms with E-state index in [1.807, 2.05) is 26.8 Å². The first-order valence-corrected chi connectivity index (χ1v) is 9.72. The molecule has 0 aliphatic rings. The fourth-order valence-corrected chi connectivity index (χ4v) is 3.80. The largest absolute Gasteiger partial charge is 0.352 e. The Kier molecular flexibility index (Phi) is 6.20. The van der Waals surface area contributed by atoms with Crippen LogP contribution >= 0.6 is 0 Å². The van der Waals surface area contributed by atoms with E-state index in [2.05, 4.69) is 5.32 Å². The lowest BCUT2D eigenvalue weighted by Gasteiger charge is -2.25. The van der Waals surface area contributed by atoms with Crippen molar-refractivity contribution >= 4 is 21.6 Å². The second kappa shape index (κ2) is 8.16. The maximum atomic E-state index is 13.1. The third kappa shape index (κ3) is 4.82. The number of benzene rings is 2. The third-order valence-electron chi connectivity index (χ3n) is 3.93. The zero-order chi connectivity index (χ0) is 18.4. The number of aryl methyl sites for hydroxylation is 1. The van der Waals surface area contributed by atoms with Crippen molar-refractivity contribution in [3.8, 4) is 0 Å². The van der Waals surface area contributed by atoms with E-state index >= 15 is 0 Å². The number of hydrogen-bond donors (Lipinski definition) is 1. The first-order valence-electron chi connectivity index (χ1n) is 8.28. The Labute approximate surface area is 149 Å². The van der Waals surface area contributed by atoms with Crippen molar-refractivity contribution in [2.75, 3.05) is 10.8 Å². The smallest absolute Gasteiger partial charge is 0.264 e. The van der Waals surface area contributed by atoms with Crippen molar-refractivity contribution in [1.29, 1.82) is 0 Å². The van der Waals surface area contributed by atoms with Crippen molar-refractivity contribution in [3.05, 3.63) is 60.2 Å². The minimum Gasteiger partial charge on any atom is -0.352 e. The normalized spacial score (nSPS) is 12.4. The van der Waals surface area contributed by atoms with Crippen LogP contribution in [0.1, 0.15) is 25.8 Å². The van der Waals surface area contributed by atoms with Gasteiger partial charge < -0.3 is 5.32 Å². The molecule has 2 rings (SSSR count). The van der Waals surface area contributed by atoms with Gasteiger partial charge in [-0.1, -0.05) is 37.3 Å². The summed E-state index contributed by atoms with van der Waals surface area (Å²) < 4.78 is 27.3. The summed E-state index contributed by atoms with van der Waals surface area (Å²) in [5.41, 5.74) is 1.40. The number of rotatable bonds is 7. The van der Waals surface area contributed by atoms with Gasteiger partial charge in [-0.3, -0.25) is 9.10 Å². The predicted octanol–water partition coefficient (Wildman–Crippen LogP) is 3.11. The monoisotopic (exact) mass is 360 g/mol. The number of amides is 1. The Hall–Kier alpha value is -2.34. The highest BCUT2D eigenvalue weighted by Gasteiger charge is 2.27. The minimum absolute atomic E-state index is 0.00807. The predicted molar refractivity (Wildman–Crippen MR) is 100 cm³/mol. The van der Waals surface area contributed by atoms with Crippen molar-refractivity contribution in [2.45, 2.75) is 38.1 Å². The highest BCUT2D eigenvalue weighted by Crippen LogP contribution is 2.24. The van der Waals surface area contributed by atoms with E-state index in [-0.39, 0.29) is 23.4 Å². The van der Waals surface area contributed by atoms with E-state index in [1.165, 1.54) is 12.1 Å². The summed E-state index contributed by atoms with van der Waals surface area (Å²) in [7, 11) is -3.84. The Morgan fingerprint density at radius 1 is 1.12 bits per heavy atom. The summed E-state index contributed by atoms with van der Waals surface area (Å²) in [6.07, 6.45) is 0.779. The quantitative estimate of drug-likeness (QED) is 0.825. The topological polar surface area (TPSA) is 66.5 Å². The standard InChI is InChI=1S/C19H24N2O3S/c1-4-16(3)20-19(22)14-21(17-10-8-9-15(2)13-17)25(23,24)18-11-6-5-7-12-18/h5-13,16H,4,14H2,1-3H3,(H,20,22)/t16-/m1/s1. The highest BCUT2D eigenvalue weighted by molar-refractivity contribution is 7.92. The maximum Gasteiger partial charge on any atom is 0.264 e. The Bertz CT molecular complexity index is 820. The molecule has 0 aromatic heterocycles. The molecule has 1 N–H and O–H groups in total. The summed E-state index contributed by atoms with van der Waals surface area (Å²) >= 11 is 0. The van der Waals surface area contributed by atoms with Gasteiger partial charge >= 0.3 is 0 Å². The summed E-state index contributed by atoms with van der Waals surface area (Å²) in [5, 5.41) is 2.82. The molecule has 0 bridgehead atoms. The summed E-state index contributed by atoms with van der Waals surface area (Å²) in [5.74, 6) is -0.324. The lowest BCUT2D eigenvalue weighted by Crippen LogP contribution is -2.43. The van der Waals surface area contributed by atoms with Crippen molar-refractivity contribution in [3.63, 3.8) is 0 Å². The number of nitrogens with zero attached hydrogens (tertiary/aromatic N) is 1. The molecule has 0 saturated heterocycles. The average molecular weight is 360 g/mol. The fourth-order valence-electron chi connectivity index (χ4n) is 2.37. The van der Waals surface area contributed by atoms with Gasteiger partial charge in [-0.15, -0.1) is 0 Å². The van der Waals surface area contributed by atoms with E-state index in [0.29, 0.717) is 5.69 Å². The van der Waals surface area contributed by atoms with Crippen LogP contribution in [0, 0.1) is 6.92 Å². The van der Waals surface area contributed by atoms with Gasteiger partial charge in [0.05, 0.1) is 10.6 Å². The second-order valence-corrected chi connectivity index (χ2v) is 7.90. The molecule has 1 atom stereocenters. The van der Waals surface area contributed by atoms with Crippen LogP contribution in [0.4, 0.5) is 5.69 Å². The van der Waals surface area contributed by atoms with Gasteiger partial charge in [-0.25, -0.2) is 8.42 Å². The van der Waals surface area contributed by atoms with Crippen LogP contribution in [0.2, 0.25) is 0 Å². The lowest BCUT2D eigenvalue weighted by atomic mass is 10.2. The molecule has 6 heteroatoms. The van der Waals surface area contributed by atoms with E-state index in [0.717, 1.165) is 16.3 Å². The van der Waals surface area contributed by atoms with Crippen LogP contribution in [-0.4, -0.2) is 26.9 Å². The van der Waals surface area contributed by atoms with Crippen LogP contribution in [0.15, 0.2) is 59.5 Å². The van der Waals surface area contributed by atoms with Gasteiger partial charge in [0.25, 0.3) is 10.0 Å². The number of hydrogen-bond acceptors (Lipinski definition) is 3. The van der Waals surface area contributed by atoms with Gasteiger partial charge in [-0.05, 0) is 50.1 Å². The lowest BCUT2D eigenvalue weighted by molar-refractivity contribution is -0.120. The summed E-state index contributed by atoms with van der Waals surface area (Å²) in [6, 6.07) is 15.3. The first kappa shape index (κ1) is 19.0. The molecular weight excluding hydrogens is 336 g/mol. The first-order chi connectivity index (χ1) is 11.8. The van der Waals surface area contributed by atoms with E-state index < -0.39 is 10.0 Å². The molecule has 0 fully saturated rings. The van der Waals surface area contributed by atoms with Crippen molar-refractivity contribution in [1.82, 2.24) is 5.32 Å². The zero-order valence-corrected chi connectivity index (χ0v) is 15.6. The number of nitrogens with one attached hydrogen (secondary N) is 1. The third-order valence-corrected chi connectivity index (χ3v) is 5.72. The maximum absolute atomic E-state index is 13.1. The average Bonchev–Trinajstić information content (AvgIpc) is 2.60. The zero-order valence-electron chi connectivity index (χ0n) is 14.8. The molecule has 0 radical (unpaired) electrons. The van der Waals surface area contributed by atoms with Gasteiger partial charge in [0.1, 0.15) is 6.54 Å². The van der Waals surface area contributed by atoms with E-state index in [4.69, 9.17) is 0 Å². The Morgan fingerprint density at radius 2 is 1.80 bits per heavy atom. The molecule has 0 aliphatic heterocycles. The fraction of sp³-hybridized carbons (Fsp3) is 0.316. The highest BCUT2D eigenvalue weighted by atomic mass is 32.2. The molecular formula is C19H24N2O3S. The van der Waals surface area contributed by atoms with Crippen molar-refractivity contribution < 1.29 is 13.2 Å². The number of anilines is 1. The van der Waals surface area contributed by atoms with Crippen molar-refractivity contribution in [2.24, 2.45) is 0 Å².